The Bertz CT molecular complexity index is 735. The summed E-state index contributed by atoms with van der Waals surface area (Å²) in [6.07, 6.45) is 3.46. The van der Waals surface area contributed by atoms with Crippen LogP contribution in [0.25, 0.3) is 0 Å². The van der Waals surface area contributed by atoms with E-state index in [0.717, 1.165) is 24.1 Å². The largest absolute Gasteiger partial charge is 0.369 e. The van der Waals surface area contributed by atoms with Gasteiger partial charge in [0.25, 0.3) is 5.56 Å². The number of anilines is 1. The number of nitrogens with one attached hydrogen (secondary N) is 1. The first kappa shape index (κ1) is 18.3. The van der Waals surface area contributed by atoms with E-state index >= 15 is 0 Å². The lowest BCUT2D eigenvalue weighted by Crippen LogP contribution is -2.43. The van der Waals surface area contributed by atoms with Gasteiger partial charge < -0.3 is 5.32 Å². The maximum atomic E-state index is 12.1. The lowest BCUT2D eigenvalue weighted by atomic mass is 10.0. The molecule has 0 amide bonds. The van der Waals surface area contributed by atoms with Crippen LogP contribution in [0, 0.1) is 17.2 Å². The van der Waals surface area contributed by atoms with Crippen molar-refractivity contribution in [1.29, 1.82) is 5.26 Å². The quantitative estimate of drug-likeness (QED) is 0.835. The van der Waals surface area contributed by atoms with Crippen molar-refractivity contribution >= 4 is 5.82 Å². The predicted octanol–water partition coefficient (Wildman–Crippen LogP) is 0.878. The minimum absolute atomic E-state index is 0.00989. The summed E-state index contributed by atoms with van der Waals surface area (Å²) in [5, 5.41) is 12.5. The van der Waals surface area contributed by atoms with Crippen LogP contribution in [0.15, 0.2) is 9.59 Å². The Hall–Kier alpha value is -2.07. The number of hydrogen-bond donors (Lipinski definition) is 1. The fourth-order valence-electron chi connectivity index (χ4n) is 3.38. The van der Waals surface area contributed by atoms with Crippen LogP contribution in [0.1, 0.15) is 38.7 Å². The van der Waals surface area contributed by atoms with E-state index in [1.54, 1.807) is 7.05 Å². The summed E-state index contributed by atoms with van der Waals surface area (Å²) < 4.78 is 2.31. The van der Waals surface area contributed by atoms with Crippen molar-refractivity contribution in [3.05, 3.63) is 26.4 Å². The van der Waals surface area contributed by atoms with Gasteiger partial charge in [-0.15, -0.1) is 0 Å². The summed E-state index contributed by atoms with van der Waals surface area (Å²) >= 11 is 0. The SMILES string of the molecule is CC(C)C[C@@H](CNc1c(C#N)c(=O)n(C)c(=O)n1C)N1CCCC1. The lowest BCUT2D eigenvalue weighted by Gasteiger charge is -2.30. The summed E-state index contributed by atoms with van der Waals surface area (Å²) in [6, 6.07) is 2.27. The van der Waals surface area contributed by atoms with Gasteiger partial charge in [0.15, 0.2) is 5.56 Å². The van der Waals surface area contributed by atoms with Crippen LogP contribution in [-0.2, 0) is 14.1 Å². The first-order chi connectivity index (χ1) is 11.4. The summed E-state index contributed by atoms with van der Waals surface area (Å²) in [5.74, 6) is 0.874. The molecular formula is C17H27N5O2. The van der Waals surface area contributed by atoms with Gasteiger partial charge >= 0.3 is 5.69 Å². The van der Waals surface area contributed by atoms with E-state index in [1.165, 1.54) is 24.5 Å². The molecule has 1 atom stereocenters. The van der Waals surface area contributed by atoms with Crippen LogP contribution >= 0.6 is 0 Å². The molecule has 1 fully saturated rings. The highest BCUT2D eigenvalue weighted by Gasteiger charge is 2.24. The topological polar surface area (TPSA) is 83.1 Å². The summed E-state index contributed by atoms with van der Waals surface area (Å²) in [5.41, 5.74) is -0.989. The van der Waals surface area contributed by atoms with Crippen molar-refractivity contribution in [2.24, 2.45) is 20.0 Å². The zero-order valence-corrected chi connectivity index (χ0v) is 15.0. The predicted molar refractivity (Wildman–Crippen MR) is 94.2 cm³/mol. The molecule has 1 aromatic heterocycles. The number of nitriles is 1. The van der Waals surface area contributed by atoms with E-state index in [0.29, 0.717) is 24.3 Å². The Morgan fingerprint density at radius 1 is 1.17 bits per heavy atom. The van der Waals surface area contributed by atoms with E-state index in [-0.39, 0.29) is 5.56 Å². The first-order valence-electron chi connectivity index (χ1n) is 8.54. The van der Waals surface area contributed by atoms with Crippen molar-refractivity contribution in [3.63, 3.8) is 0 Å². The second-order valence-electron chi connectivity index (χ2n) is 6.95. The molecule has 7 heteroatoms. The molecule has 1 saturated heterocycles. The van der Waals surface area contributed by atoms with E-state index in [4.69, 9.17) is 0 Å². The van der Waals surface area contributed by atoms with Crippen LogP contribution < -0.4 is 16.6 Å². The Morgan fingerprint density at radius 3 is 2.33 bits per heavy atom. The molecule has 132 valence electrons. The van der Waals surface area contributed by atoms with E-state index in [9.17, 15) is 14.9 Å². The third kappa shape index (κ3) is 3.70. The van der Waals surface area contributed by atoms with Gasteiger partial charge in [0.05, 0.1) is 0 Å². The maximum Gasteiger partial charge on any atom is 0.332 e. The summed E-state index contributed by atoms with van der Waals surface area (Å²) in [7, 11) is 2.97. The van der Waals surface area contributed by atoms with E-state index in [2.05, 4.69) is 24.1 Å². The second kappa shape index (κ2) is 7.67. The first-order valence-corrected chi connectivity index (χ1v) is 8.54. The molecule has 1 aliphatic heterocycles. The van der Waals surface area contributed by atoms with Gasteiger partial charge in [-0.2, -0.15) is 5.26 Å². The highest BCUT2D eigenvalue weighted by molar-refractivity contribution is 5.51. The molecule has 0 saturated carbocycles. The van der Waals surface area contributed by atoms with Crippen LogP contribution in [0.4, 0.5) is 5.82 Å². The third-order valence-electron chi connectivity index (χ3n) is 4.68. The maximum absolute atomic E-state index is 12.1. The zero-order chi connectivity index (χ0) is 17.9. The lowest BCUT2D eigenvalue weighted by molar-refractivity contribution is 0.222. The van der Waals surface area contributed by atoms with Crippen LogP contribution in [0.3, 0.4) is 0 Å². The summed E-state index contributed by atoms with van der Waals surface area (Å²) in [4.78, 5) is 26.7. The average molecular weight is 333 g/mol. The van der Waals surface area contributed by atoms with Gasteiger partial charge in [0.2, 0.25) is 0 Å². The Morgan fingerprint density at radius 2 is 1.79 bits per heavy atom. The molecule has 1 N–H and O–H groups in total. The molecule has 2 rings (SSSR count). The number of aromatic nitrogens is 2. The summed E-state index contributed by atoms with van der Waals surface area (Å²) in [6.45, 7) is 7.17. The number of rotatable bonds is 6. The molecule has 2 heterocycles. The molecule has 1 aromatic rings. The molecule has 1 aliphatic rings. The standard InChI is InChI=1S/C17H27N5O2/c1-12(2)9-13(22-7-5-6-8-22)11-19-15-14(10-18)16(23)21(4)17(24)20(15)3/h12-13,19H,5-9,11H2,1-4H3/t13-/m0/s1. The highest BCUT2D eigenvalue weighted by atomic mass is 16.2. The molecule has 0 bridgehead atoms. The van der Waals surface area contributed by atoms with Crippen molar-refractivity contribution < 1.29 is 0 Å². The normalized spacial score (nSPS) is 16.3. The molecular weight excluding hydrogens is 306 g/mol. The van der Waals surface area contributed by atoms with Crippen molar-refractivity contribution in [2.45, 2.75) is 39.2 Å². The molecule has 0 radical (unpaired) electrons. The highest BCUT2D eigenvalue weighted by Crippen LogP contribution is 2.19. The Labute approximate surface area is 142 Å². The van der Waals surface area contributed by atoms with Crippen molar-refractivity contribution in [2.75, 3.05) is 25.0 Å². The van der Waals surface area contributed by atoms with E-state index in [1.807, 2.05) is 6.07 Å². The molecule has 0 spiro atoms. The fraction of sp³-hybridized carbons (Fsp3) is 0.706. The average Bonchev–Trinajstić information content (AvgIpc) is 3.07. The smallest absolute Gasteiger partial charge is 0.332 e. The minimum Gasteiger partial charge on any atom is -0.369 e. The Kier molecular flexibility index (Phi) is 5.84. The van der Waals surface area contributed by atoms with Crippen molar-refractivity contribution in [1.82, 2.24) is 14.0 Å². The minimum atomic E-state index is -0.551. The van der Waals surface area contributed by atoms with Gasteiger partial charge in [0, 0.05) is 26.7 Å². The van der Waals surface area contributed by atoms with Crippen molar-refractivity contribution in [3.8, 4) is 6.07 Å². The monoisotopic (exact) mass is 333 g/mol. The zero-order valence-electron chi connectivity index (χ0n) is 15.0. The molecule has 0 unspecified atom stereocenters. The molecule has 24 heavy (non-hydrogen) atoms. The Balaban J connectivity index is 2.28. The van der Waals surface area contributed by atoms with Gasteiger partial charge in [-0.3, -0.25) is 18.8 Å². The van der Waals surface area contributed by atoms with Crippen LogP contribution in [-0.4, -0.2) is 39.7 Å². The second-order valence-corrected chi connectivity index (χ2v) is 6.95. The van der Waals surface area contributed by atoms with Gasteiger partial charge in [-0.25, -0.2) is 4.79 Å². The third-order valence-corrected chi connectivity index (χ3v) is 4.68. The van der Waals surface area contributed by atoms with Crippen LogP contribution in [0.5, 0.6) is 0 Å². The fourth-order valence-corrected chi connectivity index (χ4v) is 3.38. The van der Waals surface area contributed by atoms with E-state index < -0.39 is 11.2 Å². The number of nitrogens with zero attached hydrogens (tertiary/aromatic N) is 4. The molecule has 0 aromatic carbocycles. The molecule has 0 aliphatic carbocycles. The van der Waals surface area contributed by atoms with Gasteiger partial charge in [-0.1, -0.05) is 13.8 Å². The van der Waals surface area contributed by atoms with Gasteiger partial charge in [-0.05, 0) is 38.3 Å². The molecule has 7 nitrogen and oxygen atoms in total. The number of likely N-dealkylation sites (tertiary alicyclic amines) is 1. The van der Waals surface area contributed by atoms with Crippen LogP contribution in [0.2, 0.25) is 0 Å². The number of hydrogen-bond acceptors (Lipinski definition) is 5. The van der Waals surface area contributed by atoms with Gasteiger partial charge in [0.1, 0.15) is 11.9 Å².